The highest BCUT2D eigenvalue weighted by Crippen LogP contribution is 2.28. The number of hydrogen-bond acceptors (Lipinski definition) is 4. The first-order valence-corrected chi connectivity index (χ1v) is 8.47. The lowest BCUT2D eigenvalue weighted by Gasteiger charge is -2.33. The Morgan fingerprint density at radius 1 is 1.20 bits per heavy atom. The fourth-order valence-corrected chi connectivity index (χ4v) is 2.97. The number of ether oxygens (including phenoxy) is 1. The van der Waals surface area contributed by atoms with Crippen molar-refractivity contribution in [3.8, 4) is 5.69 Å². The van der Waals surface area contributed by atoms with Crippen molar-refractivity contribution in [2.75, 3.05) is 13.1 Å². The number of benzene rings is 1. The summed E-state index contributed by atoms with van der Waals surface area (Å²) in [5.74, 6) is 0.769. The van der Waals surface area contributed by atoms with Crippen LogP contribution < -0.4 is 0 Å². The molecule has 0 aliphatic carbocycles. The maximum atomic E-state index is 13.1. The van der Waals surface area contributed by atoms with Crippen molar-refractivity contribution in [3.63, 3.8) is 0 Å². The summed E-state index contributed by atoms with van der Waals surface area (Å²) >= 11 is 0. The number of hydrogen-bond donors (Lipinski definition) is 0. The molecule has 3 rings (SSSR count). The standard InChI is InChI=1S/C18H23FN4O2/c1-18(2,3)25-17(24)22-10-8-13(9-11-22)16-21-20-12-23(16)15-6-4-14(19)5-7-15/h4-7,12-13H,8-11H2,1-3H3. The fourth-order valence-electron chi connectivity index (χ4n) is 2.97. The van der Waals surface area contributed by atoms with Gasteiger partial charge in [0, 0.05) is 24.7 Å². The molecule has 1 aromatic heterocycles. The van der Waals surface area contributed by atoms with Crippen LogP contribution in [0.3, 0.4) is 0 Å². The largest absolute Gasteiger partial charge is 0.444 e. The van der Waals surface area contributed by atoms with Crippen molar-refractivity contribution >= 4 is 6.09 Å². The van der Waals surface area contributed by atoms with Crippen LogP contribution in [-0.2, 0) is 4.74 Å². The molecule has 2 aromatic rings. The van der Waals surface area contributed by atoms with Gasteiger partial charge in [-0.15, -0.1) is 10.2 Å². The van der Waals surface area contributed by atoms with E-state index in [0.29, 0.717) is 13.1 Å². The lowest BCUT2D eigenvalue weighted by atomic mass is 9.96. The van der Waals surface area contributed by atoms with Crippen LogP contribution in [0.4, 0.5) is 9.18 Å². The van der Waals surface area contributed by atoms with E-state index in [-0.39, 0.29) is 17.8 Å². The number of halogens is 1. The van der Waals surface area contributed by atoms with Gasteiger partial charge in [0.25, 0.3) is 0 Å². The topological polar surface area (TPSA) is 60.2 Å². The predicted octanol–water partition coefficient (Wildman–Crippen LogP) is 3.52. The van der Waals surface area contributed by atoms with Crippen LogP contribution in [0.2, 0.25) is 0 Å². The summed E-state index contributed by atoms with van der Waals surface area (Å²) < 4.78 is 20.4. The normalized spacial score (nSPS) is 16.1. The zero-order valence-electron chi connectivity index (χ0n) is 14.8. The molecule has 0 saturated carbocycles. The third-order valence-electron chi connectivity index (χ3n) is 4.19. The number of piperidine rings is 1. The van der Waals surface area contributed by atoms with Crippen LogP contribution in [0.15, 0.2) is 30.6 Å². The molecule has 0 unspecified atom stereocenters. The van der Waals surface area contributed by atoms with Crippen molar-refractivity contribution in [3.05, 3.63) is 42.2 Å². The van der Waals surface area contributed by atoms with Crippen molar-refractivity contribution in [2.45, 2.75) is 45.1 Å². The minimum Gasteiger partial charge on any atom is -0.444 e. The molecule has 0 bridgehead atoms. The SMILES string of the molecule is CC(C)(C)OC(=O)N1CCC(c2nncn2-c2ccc(F)cc2)CC1. The predicted molar refractivity (Wildman–Crippen MR) is 91.1 cm³/mol. The maximum Gasteiger partial charge on any atom is 0.410 e. The summed E-state index contributed by atoms with van der Waals surface area (Å²) in [4.78, 5) is 13.9. The number of likely N-dealkylation sites (tertiary alicyclic amines) is 1. The Labute approximate surface area is 146 Å². The molecule has 0 atom stereocenters. The number of rotatable bonds is 2. The highest BCUT2D eigenvalue weighted by molar-refractivity contribution is 5.68. The number of carbonyl (C=O) groups is 1. The summed E-state index contributed by atoms with van der Waals surface area (Å²) in [6.45, 7) is 6.83. The average Bonchev–Trinajstić information content (AvgIpc) is 3.04. The van der Waals surface area contributed by atoms with Crippen LogP contribution in [0.25, 0.3) is 5.69 Å². The van der Waals surface area contributed by atoms with E-state index in [9.17, 15) is 9.18 Å². The van der Waals surface area contributed by atoms with Crippen molar-refractivity contribution in [1.82, 2.24) is 19.7 Å². The first-order chi connectivity index (χ1) is 11.8. The van der Waals surface area contributed by atoms with Crippen molar-refractivity contribution in [2.24, 2.45) is 0 Å². The van der Waals surface area contributed by atoms with Crippen LogP contribution >= 0.6 is 0 Å². The summed E-state index contributed by atoms with van der Waals surface area (Å²) in [6.07, 6.45) is 2.95. The van der Waals surface area contributed by atoms with Gasteiger partial charge < -0.3 is 9.64 Å². The van der Waals surface area contributed by atoms with Gasteiger partial charge in [-0.05, 0) is 57.9 Å². The maximum absolute atomic E-state index is 13.1. The van der Waals surface area contributed by atoms with E-state index in [2.05, 4.69) is 10.2 Å². The third-order valence-corrected chi connectivity index (χ3v) is 4.19. The highest BCUT2D eigenvalue weighted by atomic mass is 19.1. The van der Waals surface area contributed by atoms with E-state index in [1.807, 2.05) is 25.3 Å². The van der Waals surface area contributed by atoms with E-state index in [4.69, 9.17) is 4.74 Å². The van der Waals surface area contributed by atoms with Gasteiger partial charge in [-0.2, -0.15) is 0 Å². The molecule has 134 valence electrons. The lowest BCUT2D eigenvalue weighted by molar-refractivity contribution is 0.0203. The first kappa shape index (κ1) is 17.4. The van der Waals surface area contributed by atoms with Gasteiger partial charge in [0.15, 0.2) is 0 Å². The van der Waals surface area contributed by atoms with Crippen LogP contribution in [0.1, 0.15) is 45.4 Å². The quantitative estimate of drug-likeness (QED) is 0.835. The van der Waals surface area contributed by atoms with Gasteiger partial charge in [0.05, 0.1) is 0 Å². The minimum atomic E-state index is -0.489. The van der Waals surface area contributed by atoms with Crippen LogP contribution in [0.5, 0.6) is 0 Å². The molecule has 6 nitrogen and oxygen atoms in total. The smallest absolute Gasteiger partial charge is 0.410 e. The van der Waals surface area contributed by atoms with E-state index in [1.165, 1.54) is 12.1 Å². The van der Waals surface area contributed by atoms with Crippen LogP contribution in [0, 0.1) is 5.82 Å². The summed E-state index contributed by atoms with van der Waals surface area (Å²) in [5.41, 5.74) is 0.340. The number of amides is 1. The molecule has 1 fully saturated rings. The molecule has 1 saturated heterocycles. The molecule has 1 amide bonds. The Hall–Kier alpha value is -2.44. The van der Waals surface area contributed by atoms with Gasteiger partial charge in [0.1, 0.15) is 23.6 Å². The minimum absolute atomic E-state index is 0.200. The molecule has 0 radical (unpaired) electrons. The second-order valence-electron chi connectivity index (χ2n) is 7.28. The Morgan fingerprint density at radius 3 is 2.44 bits per heavy atom. The fraction of sp³-hybridized carbons (Fsp3) is 0.500. The number of carbonyl (C=O) groups excluding carboxylic acids is 1. The molecule has 1 aliphatic rings. The zero-order chi connectivity index (χ0) is 18.0. The average molecular weight is 346 g/mol. The Kier molecular flexibility index (Phi) is 4.74. The van der Waals surface area contributed by atoms with E-state index < -0.39 is 5.60 Å². The van der Waals surface area contributed by atoms with Gasteiger partial charge in [0.2, 0.25) is 0 Å². The Morgan fingerprint density at radius 2 is 1.84 bits per heavy atom. The molecule has 0 N–H and O–H groups in total. The Bertz CT molecular complexity index is 728. The molecule has 1 aromatic carbocycles. The Balaban J connectivity index is 1.67. The summed E-state index contributed by atoms with van der Waals surface area (Å²) in [7, 11) is 0. The van der Waals surface area contributed by atoms with Crippen molar-refractivity contribution < 1.29 is 13.9 Å². The molecule has 2 heterocycles. The summed E-state index contributed by atoms with van der Waals surface area (Å²) in [5, 5.41) is 8.27. The molecule has 7 heteroatoms. The van der Waals surface area contributed by atoms with Crippen LogP contribution in [-0.4, -0.2) is 44.4 Å². The van der Waals surface area contributed by atoms with Crippen molar-refractivity contribution in [1.29, 1.82) is 0 Å². The number of nitrogens with zero attached hydrogens (tertiary/aromatic N) is 4. The van der Waals surface area contributed by atoms with E-state index in [1.54, 1.807) is 23.4 Å². The van der Waals surface area contributed by atoms with Gasteiger partial charge in [-0.25, -0.2) is 9.18 Å². The first-order valence-electron chi connectivity index (χ1n) is 8.47. The van der Waals surface area contributed by atoms with Gasteiger partial charge >= 0.3 is 6.09 Å². The molecule has 0 spiro atoms. The molecule has 1 aliphatic heterocycles. The molecular formula is C18H23FN4O2. The monoisotopic (exact) mass is 346 g/mol. The van der Waals surface area contributed by atoms with Gasteiger partial charge in [-0.1, -0.05) is 0 Å². The second-order valence-corrected chi connectivity index (χ2v) is 7.28. The lowest BCUT2D eigenvalue weighted by Crippen LogP contribution is -2.41. The van der Waals surface area contributed by atoms with E-state index in [0.717, 1.165) is 24.4 Å². The van der Waals surface area contributed by atoms with E-state index >= 15 is 0 Å². The molecular weight excluding hydrogens is 323 g/mol. The summed E-state index contributed by atoms with van der Waals surface area (Å²) in [6, 6.07) is 6.25. The zero-order valence-corrected chi connectivity index (χ0v) is 14.8. The van der Waals surface area contributed by atoms with Gasteiger partial charge in [-0.3, -0.25) is 4.57 Å². The second kappa shape index (κ2) is 6.82. The number of aromatic nitrogens is 3. The third kappa shape index (κ3) is 4.15. The molecule has 25 heavy (non-hydrogen) atoms. The highest BCUT2D eigenvalue weighted by Gasteiger charge is 2.29.